The maximum atomic E-state index is 12.8. The number of nitrogens with zero attached hydrogens (tertiary/aromatic N) is 16. The molecule has 3 aliphatic heterocycles. The zero-order valence-corrected chi connectivity index (χ0v) is 54.4. The van der Waals surface area contributed by atoms with Crippen LogP contribution in [0.15, 0.2) is 144 Å². The number of anilines is 4. The molecule has 34 heteroatoms. The third-order valence-electron chi connectivity index (χ3n) is 13.3. The first kappa shape index (κ1) is 70.4. The van der Waals surface area contributed by atoms with E-state index in [-0.39, 0.29) is 11.6 Å². The van der Waals surface area contributed by atoms with Crippen molar-refractivity contribution in [3.05, 3.63) is 189 Å². The fraction of sp³-hybridized carbons (Fsp3) is 0.317. The van der Waals surface area contributed by atoms with Gasteiger partial charge in [0.25, 0.3) is 0 Å². The molecule has 3 aliphatic rings. The van der Waals surface area contributed by atoms with Gasteiger partial charge in [-0.15, -0.1) is 22.7 Å². The third-order valence-corrected chi connectivity index (χ3v) is 16.8. The van der Waals surface area contributed by atoms with Gasteiger partial charge in [-0.2, -0.15) is 36.3 Å². The van der Waals surface area contributed by atoms with Gasteiger partial charge in [0.15, 0.2) is 5.82 Å². The van der Waals surface area contributed by atoms with Crippen LogP contribution in [-0.2, 0) is 58.1 Å². The smallest absolute Gasteiger partial charge is 0.379 e. The Morgan fingerprint density at radius 3 is 1.47 bits per heavy atom. The average molecular weight is 1440 g/mol. The first-order chi connectivity index (χ1) is 45.5. The Morgan fingerprint density at radius 1 is 0.532 bits per heavy atom. The summed E-state index contributed by atoms with van der Waals surface area (Å²) in [7, 11) is 0. The number of morpholine rings is 3. The molecule has 10 aromatic heterocycles. The fourth-order valence-electron chi connectivity index (χ4n) is 8.82. The predicted molar refractivity (Wildman–Crippen MR) is 342 cm³/mol. The van der Waals surface area contributed by atoms with Crippen LogP contribution in [0.4, 0.5) is 49.6 Å². The highest BCUT2D eigenvalue weighted by Gasteiger charge is 2.39. The van der Waals surface area contributed by atoms with Gasteiger partial charge in [-0.3, -0.25) is 29.5 Å². The summed E-state index contributed by atoms with van der Waals surface area (Å²) in [6, 6.07) is 22.0. The molecule has 10 aromatic rings. The van der Waals surface area contributed by atoms with Crippen LogP contribution in [-0.4, -0.2) is 160 Å². The average Bonchev–Trinajstić information content (AvgIpc) is 1.96. The zero-order valence-electron chi connectivity index (χ0n) is 49.6. The van der Waals surface area contributed by atoms with Crippen molar-refractivity contribution in [2.75, 3.05) is 89.1 Å². The fourth-order valence-corrected chi connectivity index (χ4v) is 11.4. The van der Waals surface area contributed by atoms with Crippen LogP contribution >= 0.6 is 61.8 Å². The molecule has 0 aliphatic carbocycles. The largest absolute Gasteiger partial charge is 0.471 e. The highest BCUT2D eigenvalue weighted by atomic mass is 79.9. The Balaban J connectivity index is 0.000000150. The van der Waals surface area contributed by atoms with E-state index in [0.29, 0.717) is 55.0 Å². The first-order valence-corrected chi connectivity index (χ1v) is 32.1. The van der Waals surface area contributed by atoms with Crippen molar-refractivity contribution in [1.29, 1.82) is 0 Å². The lowest BCUT2D eigenvalue weighted by atomic mass is 10.2. The van der Waals surface area contributed by atoms with Crippen LogP contribution < -0.4 is 10.2 Å². The van der Waals surface area contributed by atoms with Crippen molar-refractivity contribution >= 4 is 91.4 Å². The van der Waals surface area contributed by atoms with Crippen LogP contribution in [0, 0.1) is 0 Å². The van der Waals surface area contributed by atoms with Gasteiger partial charge < -0.3 is 33.5 Å². The van der Waals surface area contributed by atoms with E-state index in [4.69, 9.17) is 37.4 Å². The second kappa shape index (κ2) is 35.6. The van der Waals surface area contributed by atoms with Gasteiger partial charge in [0.1, 0.15) is 34.0 Å². The van der Waals surface area contributed by atoms with E-state index in [2.05, 4.69) is 105 Å². The number of aromatic nitrogens is 12. The number of carbonyl (C=O) groups excluding carboxylic acids is 1. The number of ether oxygens (including phenoxy) is 3. The first-order valence-electron chi connectivity index (χ1n) is 28.6. The lowest BCUT2D eigenvalue weighted by Gasteiger charge is -2.27. The lowest BCUT2D eigenvalue weighted by molar-refractivity contribution is -0.160. The van der Waals surface area contributed by atoms with Crippen LogP contribution in [0.25, 0.3) is 21.4 Å². The second-order valence-corrected chi connectivity index (χ2v) is 23.8. The number of carbonyl (C=O) groups is 1. The van der Waals surface area contributed by atoms with E-state index in [1.807, 2.05) is 53.6 Å². The number of hydrogen-bond acceptors (Lipinski definition) is 25. The maximum Gasteiger partial charge on any atom is 0.471 e. The molecule has 0 unspecified atom stereocenters. The minimum absolute atomic E-state index is 0.0375. The molecule has 0 aromatic carbocycles. The third kappa shape index (κ3) is 22.7. The van der Waals surface area contributed by atoms with Crippen molar-refractivity contribution < 1.29 is 54.4 Å². The number of halogens is 9. The maximum absolute atomic E-state index is 12.8. The monoisotopic (exact) mass is 1440 g/mol. The Labute approximate surface area is 560 Å². The van der Waals surface area contributed by atoms with Gasteiger partial charge in [-0.1, -0.05) is 49.4 Å². The summed E-state index contributed by atoms with van der Waals surface area (Å²) in [5, 5.41) is 11.5. The summed E-state index contributed by atoms with van der Waals surface area (Å²) >= 11 is 17.1. The minimum Gasteiger partial charge on any atom is -0.379 e. The van der Waals surface area contributed by atoms with Crippen LogP contribution in [0.3, 0.4) is 0 Å². The molecule has 1 N–H and O–H groups in total. The van der Waals surface area contributed by atoms with Crippen molar-refractivity contribution in [2.24, 2.45) is 0 Å². The summed E-state index contributed by atoms with van der Waals surface area (Å²) in [5.74, 6) is -0.0710. The molecule has 0 spiro atoms. The molecule has 3 saturated heterocycles. The normalized spacial score (nSPS) is 14.6. The topological polar surface area (TPSA) is 251 Å². The Morgan fingerprint density at radius 2 is 1.00 bits per heavy atom. The zero-order chi connectivity index (χ0) is 66.1. The van der Waals surface area contributed by atoms with Gasteiger partial charge in [-0.05, 0) is 89.5 Å². The van der Waals surface area contributed by atoms with Crippen LogP contribution in [0.1, 0.15) is 48.6 Å². The quantitative estimate of drug-likeness (QED) is 0.0408. The SMILES string of the molecule is Clc1cc(CN2CCOCC2)ccn1.FC(F)(F)c1nc(-c2ccc(CBr)s2)no1.FC(F)(F)c1nc(-c2ccc(CN(c3cnccn3)c3cc(CN4CCOCC4)ccn3)s2)no1.O=Cc1ccnc(Cl)c1.c1cnc(Nc2cc(CN3CCOCC3)ccn2)cn1. The number of rotatable bonds is 16. The van der Waals surface area contributed by atoms with Gasteiger partial charge in [0.2, 0.25) is 11.6 Å². The van der Waals surface area contributed by atoms with Crippen molar-refractivity contribution in [2.45, 2.75) is 43.9 Å². The highest BCUT2D eigenvalue weighted by Crippen LogP contribution is 2.35. The summed E-state index contributed by atoms with van der Waals surface area (Å²) in [6.07, 6.45) is 8.05. The molecule has 3 fully saturated rings. The van der Waals surface area contributed by atoms with Crippen molar-refractivity contribution in [1.82, 2.24) is 74.9 Å². The van der Waals surface area contributed by atoms with Gasteiger partial charge in [0, 0.05) is 129 Å². The summed E-state index contributed by atoms with van der Waals surface area (Å²) in [6.45, 7) is 13.4. The van der Waals surface area contributed by atoms with E-state index in [9.17, 15) is 31.1 Å². The van der Waals surface area contributed by atoms with Gasteiger partial charge in [0.05, 0.1) is 68.3 Å². The van der Waals surface area contributed by atoms with Crippen LogP contribution in [0.2, 0.25) is 10.3 Å². The minimum atomic E-state index is -4.69. The Kier molecular flexibility index (Phi) is 26.6. The van der Waals surface area contributed by atoms with Gasteiger partial charge >= 0.3 is 24.1 Å². The predicted octanol–water partition coefficient (Wildman–Crippen LogP) is 12.4. The highest BCUT2D eigenvalue weighted by molar-refractivity contribution is 9.08. The number of hydrogen-bond donors (Lipinski definition) is 1. The molecule has 13 rings (SSSR count). The molecule has 23 nitrogen and oxygen atoms in total. The van der Waals surface area contributed by atoms with Crippen LogP contribution in [0.5, 0.6) is 0 Å². The molecule has 13 heterocycles. The van der Waals surface area contributed by atoms with E-state index in [0.717, 1.165) is 126 Å². The summed E-state index contributed by atoms with van der Waals surface area (Å²) in [4.78, 5) is 62.0. The van der Waals surface area contributed by atoms with Crippen molar-refractivity contribution in [3.63, 3.8) is 0 Å². The molecule has 494 valence electrons. The molecular weight excluding hydrogens is 1380 g/mol. The van der Waals surface area contributed by atoms with Gasteiger partial charge in [-0.25, -0.2) is 29.9 Å². The van der Waals surface area contributed by atoms with E-state index in [1.165, 1.54) is 46.1 Å². The molecule has 0 amide bonds. The number of pyridine rings is 4. The second-order valence-electron chi connectivity index (χ2n) is 20.1. The molecule has 0 atom stereocenters. The molecular formula is C60H58BrCl2F6N17O6S2. The number of aldehydes is 1. The van der Waals surface area contributed by atoms with E-state index >= 15 is 0 Å². The Bertz CT molecular complexity index is 3900. The molecule has 0 saturated carbocycles. The van der Waals surface area contributed by atoms with E-state index in [1.54, 1.807) is 73.8 Å². The van der Waals surface area contributed by atoms with Crippen molar-refractivity contribution in [3.8, 4) is 21.4 Å². The standard InChI is InChI=1S/C22H20F3N7O2S.C14H17N5O.C10H13ClN2O.C8H4BrF3N2OS.C6H4ClNO/c23-22(24,25)21-29-20(30-34-21)17-2-1-16(35-17)14-32(19-12-26-5-6-28-19)18-11-15(3-4-27-18)13-31-7-9-33-10-8-31;1-2-16-13(18-14-10-15-3-4-17-14)9-12(1)11-19-5-7-20-8-6-19;11-10-7-9(1-2-12-10)8-13-3-5-14-6-4-13;9-3-4-1-2-5(16-4)6-13-7(15-14-6)8(10,11)12;7-6-3-5(4-9)1-2-8-6/h1-6,11-12H,7-10,13-14H2;1-4,9-10H,5-8,11H2,(H,16,17,18);1-2,7H,3-6,8H2;1-2H,3H2;1-4H. The summed E-state index contributed by atoms with van der Waals surface area (Å²) in [5.41, 5.74) is 4.10. The molecule has 0 radical (unpaired) electrons. The molecule has 0 bridgehead atoms. The number of thiophene rings is 2. The van der Waals surface area contributed by atoms with E-state index < -0.39 is 24.1 Å². The number of nitrogens with one attached hydrogen (secondary N) is 1. The summed E-state index contributed by atoms with van der Waals surface area (Å²) < 4.78 is 99.6. The lowest BCUT2D eigenvalue weighted by Crippen LogP contribution is -2.35. The Hall–Kier alpha value is -7.89. The molecule has 94 heavy (non-hydrogen) atoms. The number of alkyl halides is 7.